The minimum Gasteiger partial charge on any atom is -0.377 e. The summed E-state index contributed by atoms with van der Waals surface area (Å²) in [6.45, 7) is 4.67. The van der Waals surface area contributed by atoms with E-state index in [1.807, 2.05) is 18.2 Å². The molecule has 3 heteroatoms. The Morgan fingerprint density at radius 2 is 1.97 bits per heavy atom. The molecule has 0 aliphatic heterocycles. The van der Waals surface area contributed by atoms with Gasteiger partial charge in [0, 0.05) is 29.8 Å². The van der Waals surface area contributed by atoms with Crippen molar-refractivity contribution in [3.8, 4) is 11.8 Å². The highest BCUT2D eigenvalue weighted by Gasteiger charge is 2.63. The number of hydrogen-bond acceptors (Lipinski definition) is 3. The van der Waals surface area contributed by atoms with Crippen LogP contribution in [0.4, 0.5) is 0 Å². The van der Waals surface area contributed by atoms with Crippen molar-refractivity contribution in [2.45, 2.75) is 64.4 Å². The lowest BCUT2D eigenvalue weighted by Gasteiger charge is -2.56. The van der Waals surface area contributed by atoms with Crippen molar-refractivity contribution in [2.75, 3.05) is 0 Å². The van der Waals surface area contributed by atoms with E-state index in [1.165, 1.54) is 5.57 Å². The Balaban J connectivity index is 1.46. The number of nitrogens with zero attached hydrogens (tertiary/aromatic N) is 1. The molecule has 0 amide bonds. The Bertz CT molecular complexity index is 910. The molecule has 0 unspecified atom stereocenters. The number of ketones is 1. The summed E-state index contributed by atoms with van der Waals surface area (Å²) in [5.74, 6) is 9.87. The van der Waals surface area contributed by atoms with Crippen LogP contribution in [0.2, 0.25) is 0 Å². The monoisotopic (exact) mass is 389 g/mol. The van der Waals surface area contributed by atoms with E-state index in [1.54, 1.807) is 12.4 Å². The van der Waals surface area contributed by atoms with Crippen LogP contribution < -0.4 is 0 Å². The number of carbonyl (C=O) groups is 1. The fourth-order valence-electron chi connectivity index (χ4n) is 7.42. The van der Waals surface area contributed by atoms with Gasteiger partial charge in [-0.15, -0.1) is 0 Å². The van der Waals surface area contributed by atoms with Gasteiger partial charge in [0.2, 0.25) is 0 Å². The third-order valence-electron chi connectivity index (χ3n) is 8.89. The first-order valence-corrected chi connectivity index (χ1v) is 11.3. The molecule has 5 rings (SSSR count). The fourth-order valence-corrected chi connectivity index (χ4v) is 7.42. The van der Waals surface area contributed by atoms with Gasteiger partial charge in [0.05, 0.1) is 0 Å². The Kier molecular flexibility index (Phi) is 4.48. The number of hydrogen-bond donors (Lipinski definition) is 1. The second-order valence-electron chi connectivity index (χ2n) is 10.2. The van der Waals surface area contributed by atoms with Crippen LogP contribution in [0.15, 0.2) is 36.2 Å². The fraction of sp³-hybridized carbons (Fsp3) is 0.615. The Morgan fingerprint density at radius 1 is 1.17 bits per heavy atom. The van der Waals surface area contributed by atoms with Gasteiger partial charge in [-0.3, -0.25) is 9.78 Å². The van der Waals surface area contributed by atoms with Crippen LogP contribution in [0.5, 0.6) is 0 Å². The standard InChI is InChI=1S/C26H31NO2/c1-17-15-19-16-20(28)3-4-21(19)22-6-10-25(2)23(24(17)22)7-12-26(25,29)11-5-18-8-13-27-14-9-18/h8-9,13-14,16-17,21-24,29H,3-4,6-7,10,12,15H2,1-2H3/t17-,21-,22-,23+,24+,25-,26+/m0/s1. The van der Waals surface area contributed by atoms with Crippen molar-refractivity contribution in [2.24, 2.45) is 35.0 Å². The van der Waals surface area contributed by atoms with Gasteiger partial charge in [-0.1, -0.05) is 31.3 Å². The molecule has 4 aliphatic carbocycles. The summed E-state index contributed by atoms with van der Waals surface area (Å²) in [5, 5.41) is 11.7. The maximum atomic E-state index is 12.0. The van der Waals surface area contributed by atoms with Gasteiger partial charge in [0.15, 0.2) is 5.78 Å². The highest BCUT2D eigenvalue weighted by Crippen LogP contribution is 2.65. The zero-order chi connectivity index (χ0) is 20.2. The summed E-state index contributed by atoms with van der Waals surface area (Å²) in [6, 6.07) is 3.81. The first kappa shape index (κ1) is 19.1. The van der Waals surface area contributed by atoms with Gasteiger partial charge in [0.1, 0.15) is 5.60 Å². The van der Waals surface area contributed by atoms with Crippen LogP contribution in [0.1, 0.15) is 64.4 Å². The van der Waals surface area contributed by atoms with Gasteiger partial charge >= 0.3 is 0 Å². The summed E-state index contributed by atoms with van der Waals surface area (Å²) in [4.78, 5) is 16.0. The molecule has 1 N–H and O–H groups in total. The SMILES string of the molecule is C[C@H]1CC2=CC(=O)CC[C@@H]2[C@@H]2CC[C@@]3(C)[C@H](CC[C@]3(O)C#Cc3ccncc3)[C@@H]21. The minimum absolute atomic E-state index is 0.145. The van der Waals surface area contributed by atoms with E-state index in [0.717, 1.165) is 50.5 Å². The molecule has 3 fully saturated rings. The van der Waals surface area contributed by atoms with Gasteiger partial charge in [-0.2, -0.15) is 0 Å². The van der Waals surface area contributed by atoms with Crippen LogP contribution in [0.25, 0.3) is 0 Å². The molecular weight excluding hydrogens is 358 g/mol. The molecule has 1 aromatic heterocycles. The van der Waals surface area contributed by atoms with Gasteiger partial charge in [0.25, 0.3) is 0 Å². The molecule has 0 saturated heterocycles. The Morgan fingerprint density at radius 3 is 2.76 bits per heavy atom. The maximum absolute atomic E-state index is 12.0. The highest BCUT2D eigenvalue weighted by molar-refractivity contribution is 5.91. The molecule has 0 radical (unpaired) electrons. The second kappa shape index (κ2) is 6.81. The lowest BCUT2D eigenvalue weighted by molar-refractivity contribution is -0.117. The van der Waals surface area contributed by atoms with Crippen LogP contribution >= 0.6 is 0 Å². The normalized spacial score (nSPS) is 43.3. The summed E-state index contributed by atoms with van der Waals surface area (Å²) >= 11 is 0. The quantitative estimate of drug-likeness (QED) is 0.662. The molecule has 152 valence electrons. The van der Waals surface area contributed by atoms with E-state index in [2.05, 4.69) is 30.7 Å². The largest absolute Gasteiger partial charge is 0.377 e. The zero-order valence-electron chi connectivity index (χ0n) is 17.5. The molecule has 3 nitrogen and oxygen atoms in total. The highest BCUT2D eigenvalue weighted by atomic mass is 16.3. The summed E-state index contributed by atoms with van der Waals surface area (Å²) in [5.41, 5.74) is 1.28. The molecule has 4 aliphatic rings. The van der Waals surface area contributed by atoms with Crippen LogP contribution in [0.3, 0.4) is 0 Å². The summed E-state index contributed by atoms with van der Waals surface area (Å²) in [6.07, 6.45) is 12.3. The molecule has 7 atom stereocenters. The molecule has 0 bridgehead atoms. The molecule has 0 aromatic carbocycles. The van der Waals surface area contributed by atoms with Crippen molar-refractivity contribution in [3.05, 3.63) is 41.7 Å². The third kappa shape index (κ3) is 2.91. The zero-order valence-corrected chi connectivity index (χ0v) is 17.5. The molecule has 3 saturated carbocycles. The second-order valence-corrected chi connectivity index (χ2v) is 10.2. The van der Waals surface area contributed by atoms with Crippen molar-refractivity contribution in [1.29, 1.82) is 0 Å². The van der Waals surface area contributed by atoms with E-state index in [4.69, 9.17) is 0 Å². The van der Waals surface area contributed by atoms with Gasteiger partial charge < -0.3 is 5.11 Å². The molecular formula is C26H31NO2. The van der Waals surface area contributed by atoms with E-state index in [9.17, 15) is 9.90 Å². The number of allylic oxidation sites excluding steroid dienone is 1. The Labute approximate surface area is 174 Å². The van der Waals surface area contributed by atoms with E-state index in [0.29, 0.717) is 35.4 Å². The number of aliphatic hydroxyl groups is 1. The number of carbonyl (C=O) groups excluding carboxylic acids is 1. The molecule has 29 heavy (non-hydrogen) atoms. The smallest absolute Gasteiger partial charge is 0.155 e. The number of pyridine rings is 1. The van der Waals surface area contributed by atoms with E-state index in [-0.39, 0.29) is 5.41 Å². The maximum Gasteiger partial charge on any atom is 0.155 e. The minimum atomic E-state index is -0.912. The number of fused-ring (bicyclic) bond motifs is 5. The molecule has 0 spiro atoms. The average Bonchev–Trinajstić information content (AvgIpc) is 2.98. The van der Waals surface area contributed by atoms with Crippen molar-refractivity contribution in [1.82, 2.24) is 4.98 Å². The van der Waals surface area contributed by atoms with Gasteiger partial charge in [-0.25, -0.2) is 0 Å². The van der Waals surface area contributed by atoms with Crippen LogP contribution in [0, 0.1) is 46.8 Å². The lowest BCUT2D eigenvalue weighted by Crippen LogP contribution is -2.54. The molecule has 1 aromatic rings. The van der Waals surface area contributed by atoms with Crippen LogP contribution in [-0.2, 0) is 4.79 Å². The predicted molar refractivity (Wildman–Crippen MR) is 113 cm³/mol. The lowest BCUT2D eigenvalue weighted by atomic mass is 9.48. The summed E-state index contributed by atoms with van der Waals surface area (Å²) < 4.78 is 0. The number of rotatable bonds is 0. The van der Waals surface area contributed by atoms with Crippen molar-refractivity contribution >= 4 is 5.78 Å². The third-order valence-corrected chi connectivity index (χ3v) is 8.89. The van der Waals surface area contributed by atoms with E-state index < -0.39 is 5.60 Å². The average molecular weight is 390 g/mol. The van der Waals surface area contributed by atoms with Crippen molar-refractivity contribution in [3.63, 3.8) is 0 Å². The first-order valence-electron chi connectivity index (χ1n) is 11.3. The van der Waals surface area contributed by atoms with Crippen LogP contribution in [-0.4, -0.2) is 21.5 Å². The first-order chi connectivity index (χ1) is 13.9. The van der Waals surface area contributed by atoms with Gasteiger partial charge in [-0.05, 0) is 86.3 Å². The number of aromatic nitrogens is 1. The Hall–Kier alpha value is -1.92. The molecule has 1 heterocycles. The summed E-state index contributed by atoms with van der Waals surface area (Å²) in [7, 11) is 0. The topological polar surface area (TPSA) is 50.2 Å². The van der Waals surface area contributed by atoms with Crippen molar-refractivity contribution < 1.29 is 9.90 Å². The van der Waals surface area contributed by atoms with E-state index >= 15 is 0 Å². The predicted octanol–water partition coefficient (Wildman–Crippen LogP) is 4.55.